The number of aliphatic hydroxyl groups is 1. The molecule has 0 aliphatic carbocycles. The first-order chi connectivity index (χ1) is 14.2. The second kappa shape index (κ2) is 18.7. The molecule has 0 heterocycles. The van der Waals surface area contributed by atoms with Crippen LogP contribution < -0.4 is 5.32 Å². The molecule has 0 aromatic heterocycles. The molecule has 3 nitrogen and oxygen atoms in total. The molecular weight excluding hydrogens is 358 g/mol. The summed E-state index contributed by atoms with van der Waals surface area (Å²) in [6.07, 6.45) is 18.0. The van der Waals surface area contributed by atoms with Crippen LogP contribution in [-0.4, -0.2) is 23.7 Å². The quantitative estimate of drug-likeness (QED) is 0.256. The van der Waals surface area contributed by atoms with Gasteiger partial charge in [0.25, 0.3) is 0 Å². The largest absolute Gasteiger partial charge is 0.393 e. The summed E-state index contributed by atoms with van der Waals surface area (Å²) in [6.45, 7) is 2.97. The zero-order chi connectivity index (χ0) is 21.0. The van der Waals surface area contributed by atoms with Crippen LogP contribution in [0.25, 0.3) is 0 Å². The van der Waals surface area contributed by atoms with Crippen molar-refractivity contribution in [3.05, 3.63) is 35.9 Å². The Bertz CT molecular complexity index is 489. The van der Waals surface area contributed by atoms with E-state index in [9.17, 15) is 9.90 Å². The van der Waals surface area contributed by atoms with E-state index >= 15 is 0 Å². The fourth-order valence-corrected chi connectivity index (χ4v) is 3.76. The summed E-state index contributed by atoms with van der Waals surface area (Å²) >= 11 is 0. The Balaban J connectivity index is 1.82. The number of amides is 1. The van der Waals surface area contributed by atoms with E-state index < -0.39 is 0 Å². The zero-order valence-corrected chi connectivity index (χ0v) is 18.8. The number of benzene rings is 1. The highest BCUT2D eigenvalue weighted by molar-refractivity contribution is 5.75. The molecular formula is C26H45NO2. The number of carbonyl (C=O) groups excluding carboxylic acids is 1. The molecule has 3 heteroatoms. The van der Waals surface area contributed by atoms with Crippen molar-refractivity contribution in [2.75, 3.05) is 6.54 Å². The van der Waals surface area contributed by atoms with E-state index in [2.05, 4.69) is 24.4 Å². The number of aliphatic hydroxyl groups excluding tert-OH is 1. The van der Waals surface area contributed by atoms with Crippen LogP contribution in [0.2, 0.25) is 0 Å². The predicted molar refractivity (Wildman–Crippen MR) is 124 cm³/mol. The van der Waals surface area contributed by atoms with Crippen LogP contribution in [0.1, 0.15) is 109 Å². The molecule has 166 valence electrons. The van der Waals surface area contributed by atoms with Gasteiger partial charge in [-0.1, -0.05) is 108 Å². The van der Waals surface area contributed by atoms with Gasteiger partial charge in [-0.3, -0.25) is 4.79 Å². The fourth-order valence-electron chi connectivity index (χ4n) is 3.76. The van der Waals surface area contributed by atoms with Crippen LogP contribution in [0.3, 0.4) is 0 Å². The second-order valence-corrected chi connectivity index (χ2v) is 8.46. The van der Waals surface area contributed by atoms with Crippen LogP contribution in [0, 0.1) is 0 Å². The number of hydrogen-bond acceptors (Lipinski definition) is 2. The van der Waals surface area contributed by atoms with Crippen LogP contribution in [0.5, 0.6) is 0 Å². The van der Waals surface area contributed by atoms with E-state index in [0.717, 1.165) is 45.1 Å². The number of rotatable bonds is 19. The summed E-state index contributed by atoms with van der Waals surface area (Å²) in [5, 5.41) is 13.1. The van der Waals surface area contributed by atoms with Crippen molar-refractivity contribution in [1.29, 1.82) is 0 Å². The van der Waals surface area contributed by atoms with Gasteiger partial charge in [0.2, 0.25) is 5.91 Å². The maximum atomic E-state index is 11.9. The maximum Gasteiger partial charge on any atom is 0.220 e. The molecule has 1 aromatic rings. The summed E-state index contributed by atoms with van der Waals surface area (Å²) in [7, 11) is 0. The molecule has 0 saturated heterocycles. The third kappa shape index (κ3) is 16.2. The van der Waals surface area contributed by atoms with Gasteiger partial charge < -0.3 is 10.4 Å². The van der Waals surface area contributed by atoms with Crippen molar-refractivity contribution in [3.8, 4) is 0 Å². The lowest BCUT2D eigenvalue weighted by Gasteiger charge is -2.10. The Morgan fingerprint density at radius 1 is 0.828 bits per heavy atom. The van der Waals surface area contributed by atoms with E-state index in [0.29, 0.717) is 6.42 Å². The van der Waals surface area contributed by atoms with Crippen molar-refractivity contribution in [3.63, 3.8) is 0 Å². The van der Waals surface area contributed by atoms with Crippen LogP contribution in [0.15, 0.2) is 30.3 Å². The van der Waals surface area contributed by atoms with E-state index in [1.807, 2.05) is 18.2 Å². The normalized spacial score (nSPS) is 12.1. The van der Waals surface area contributed by atoms with Gasteiger partial charge >= 0.3 is 0 Å². The average molecular weight is 404 g/mol. The van der Waals surface area contributed by atoms with Gasteiger partial charge in [-0.15, -0.1) is 0 Å². The minimum atomic E-state index is -0.0965. The molecule has 0 aliphatic heterocycles. The highest BCUT2D eigenvalue weighted by Gasteiger charge is 2.04. The van der Waals surface area contributed by atoms with Crippen LogP contribution in [-0.2, 0) is 11.2 Å². The number of nitrogens with one attached hydrogen (secondary N) is 1. The minimum Gasteiger partial charge on any atom is -0.393 e. The Morgan fingerprint density at radius 2 is 1.38 bits per heavy atom. The molecule has 1 rings (SSSR count). The third-order valence-corrected chi connectivity index (χ3v) is 5.66. The van der Waals surface area contributed by atoms with E-state index in [1.54, 1.807) is 0 Å². The predicted octanol–water partition coefficient (Wildman–Crippen LogP) is 6.58. The zero-order valence-electron chi connectivity index (χ0n) is 18.8. The lowest BCUT2D eigenvalue weighted by molar-refractivity contribution is -0.121. The summed E-state index contributed by atoms with van der Waals surface area (Å²) < 4.78 is 0. The Labute approximate surface area is 179 Å². The molecule has 0 bridgehead atoms. The number of hydrogen-bond donors (Lipinski definition) is 2. The summed E-state index contributed by atoms with van der Waals surface area (Å²) in [4.78, 5) is 11.9. The lowest BCUT2D eigenvalue weighted by atomic mass is 10.0. The highest BCUT2D eigenvalue weighted by atomic mass is 16.3. The highest BCUT2D eigenvalue weighted by Crippen LogP contribution is 2.14. The van der Waals surface area contributed by atoms with Gasteiger partial charge in [-0.25, -0.2) is 0 Å². The van der Waals surface area contributed by atoms with Gasteiger partial charge in [-0.05, 0) is 31.2 Å². The van der Waals surface area contributed by atoms with Gasteiger partial charge in [0.1, 0.15) is 0 Å². The maximum absolute atomic E-state index is 11.9. The third-order valence-electron chi connectivity index (χ3n) is 5.66. The molecule has 0 radical (unpaired) electrons. The molecule has 0 saturated carbocycles. The molecule has 29 heavy (non-hydrogen) atoms. The lowest BCUT2D eigenvalue weighted by Crippen LogP contribution is -2.25. The smallest absolute Gasteiger partial charge is 0.220 e. The summed E-state index contributed by atoms with van der Waals surface area (Å²) in [5.41, 5.74) is 1.27. The minimum absolute atomic E-state index is 0.0965. The Kier molecular flexibility index (Phi) is 16.5. The monoisotopic (exact) mass is 403 g/mol. The van der Waals surface area contributed by atoms with Crippen molar-refractivity contribution in [2.45, 2.75) is 116 Å². The first-order valence-electron chi connectivity index (χ1n) is 12.2. The number of unbranched alkanes of at least 4 members (excludes halogenated alkanes) is 10. The first-order valence-corrected chi connectivity index (χ1v) is 12.2. The van der Waals surface area contributed by atoms with E-state index in [1.165, 1.54) is 63.4 Å². The fraction of sp³-hybridized carbons (Fsp3) is 0.731. The Morgan fingerprint density at radius 3 is 2.00 bits per heavy atom. The van der Waals surface area contributed by atoms with Gasteiger partial charge in [-0.2, -0.15) is 0 Å². The van der Waals surface area contributed by atoms with E-state index in [-0.39, 0.29) is 12.0 Å². The van der Waals surface area contributed by atoms with Crippen LogP contribution >= 0.6 is 0 Å². The summed E-state index contributed by atoms with van der Waals surface area (Å²) in [5.74, 6) is 0.179. The van der Waals surface area contributed by atoms with E-state index in [4.69, 9.17) is 0 Å². The molecule has 1 atom stereocenters. The molecule has 0 unspecified atom stereocenters. The second-order valence-electron chi connectivity index (χ2n) is 8.46. The standard InChI is InChI=1S/C26H45NO2/c1-2-3-4-5-8-14-19-25(28)20-15-9-6-7-10-16-21-26(29)27-23-22-24-17-12-11-13-18-24/h11-13,17-18,25,28H,2-10,14-16,19-23H2,1H3,(H,27,29)/t25-/m1/s1. The molecule has 1 amide bonds. The van der Waals surface area contributed by atoms with Crippen molar-refractivity contribution < 1.29 is 9.90 Å². The van der Waals surface area contributed by atoms with Crippen molar-refractivity contribution >= 4 is 5.91 Å². The molecule has 0 fully saturated rings. The molecule has 0 aliphatic rings. The van der Waals surface area contributed by atoms with Crippen molar-refractivity contribution in [2.24, 2.45) is 0 Å². The molecule has 1 aromatic carbocycles. The molecule has 0 spiro atoms. The molecule has 2 N–H and O–H groups in total. The van der Waals surface area contributed by atoms with Gasteiger partial charge in [0, 0.05) is 13.0 Å². The van der Waals surface area contributed by atoms with Gasteiger partial charge in [0.05, 0.1) is 6.10 Å². The first kappa shape index (κ1) is 25.7. The number of carbonyl (C=O) groups is 1. The topological polar surface area (TPSA) is 49.3 Å². The van der Waals surface area contributed by atoms with Crippen molar-refractivity contribution in [1.82, 2.24) is 5.32 Å². The summed E-state index contributed by atoms with van der Waals surface area (Å²) in [6, 6.07) is 10.3. The van der Waals surface area contributed by atoms with Crippen LogP contribution in [0.4, 0.5) is 0 Å². The SMILES string of the molecule is CCCCCCCC[C@@H](O)CCCCCCCCC(=O)NCCc1ccccc1. The van der Waals surface area contributed by atoms with Gasteiger partial charge in [0.15, 0.2) is 0 Å². The Hall–Kier alpha value is -1.35. The average Bonchev–Trinajstić information content (AvgIpc) is 2.73.